The highest BCUT2D eigenvalue weighted by Gasteiger charge is 2.22. The van der Waals surface area contributed by atoms with Crippen molar-refractivity contribution in [3.63, 3.8) is 0 Å². The van der Waals surface area contributed by atoms with Crippen LogP contribution in [0.3, 0.4) is 0 Å². The fourth-order valence-corrected chi connectivity index (χ4v) is 4.11. The van der Waals surface area contributed by atoms with Gasteiger partial charge in [0.1, 0.15) is 5.82 Å². The van der Waals surface area contributed by atoms with E-state index in [-0.39, 0.29) is 5.82 Å². The lowest BCUT2D eigenvalue weighted by Crippen LogP contribution is -2.36. The molecule has 1 aliphatic heterocycles. The van der Waals surface area contributed by atoms with Crippen LogP contribution in [-0.2, 0) is 11.3 Å². The van der Waals surface area contributed by atoms with Crippen LogP contribution in [0.25, 0.3) is 16.9 Å². The number of rotatable bonds is 6. The predicted molar refractivity (Wildman–Crippen MR) is 114 cm³/mol. The molecule has 1 saturated heterocycles. The number of aromatic nitrogens is 2. The van der Waals surface area contributed by atoms with Gasteiger partial charge in [0, 0.05) is 37.5 Å². The Kier molecular flexibility index (Phi) is 6.07. The Bertz CT molecular complexity index is 932. The summed E-state index contributed by atoms with van der Waals surface area (Å²) in [4.78, 5) is 2.48. The maximum Gasteiger partial charge on any atom is 0.123 e. The normalized spacial score (nSPS) is 17.6. The third-order valence-corrected chi connectivity index (χ3v) is 5.61. The number of benzene rings is 2. The van der Waals surface area contributed by atoms with E-state index in [1.165, 1.54) is 30.5 Å². The average molecular weight is 394 g/mol. The molecule has 2 heterocycles. The van der Waals surface area contributed by atoms with E-state index < -0.39 is 0 Å². The van der Waals surface area contributed by atoms with Gasteiger partial charge in [0.25, 0.3) is 0 Å². The topological polar surface area (TPSA) is 30.3 Å². The van der Waals surface area contributed by atoms with Crippen molar-refractivity contribution in [3.8, 4) is 16.9 Å². The van der Waals surface area contributed by atoms with Crippen molar-refractivity contribution < 1.29 is 9.13 Å². The number of nitrogens with zero attached hydrogens (tertiary/aromatic N) is 3. The summed E-state index contributed by atoms with van der Waals surface area (Å²) in [6, 6.07) is 15.0. The van der Waals surface area contributed by atoms with Gasteiger partial charge in [-0.25, -0.2) is 9.07 Å². The molecule has 0 aliphatic carbocycles. The van der Waals surface area contributed by atoms with E-state index in [0.717, 1.165) is 48.7 Å². The second-order valence-electron chi connectivity index (χ2n) is 7.99. The van der Waals surface area contributed by atoms with Crippen molar-refractivity contribution in [2.24, 2.45) is 5.92 Å². The van der Waals surface area contributed by atoms with Crippen LogP contribution in [0.1, 0.15) is 24.0 Å². The Hall–Kier alpha value is -2.50. The van der Waals surface area contributed by atoms with Crippen molar-refractivity contribution in [3.05, 3.63) is 71.7 Å². The average Bonchev–Trinajstić information content (AvgIpc) is 3.13. The van der Waals surface area contributed by atoms with E-state index in [0.29, 0.717) is 5.92 Å². The molecular formula is C24H28FN3O. The summed E-state index contributed by atoms with van der Waals surface area (Å²) in [5.41, 5.74) is 5.27. The molecule has 1 fully saturated rings. The Morgan fingerprint density at radius 2 is 1.86 bits per heavy atom. The number of piperidine rings is 1. The van der Waals surface area contributed by atoms with Crippen LogP contribution in [0.4, 0.5) is 4.39 Å². The first kappa shape index (κ1) is 19.8. The zero-order valence-corrected chi connectivity index (χ0v) is 17.1. The van der Waals surface area contributed by atoms with Gasteiger partial charge in [0.05, 0.1) is 18.0 Å². The molecule has 1 unspecified atom stereocenters. The van der Waals surface area contributed by atoms with Crippen molar-refractivity contribution in [2.45, 2.75) is 26.3 Å². The number of halogens is 1. The van der Waals surface area contributed by atoms with Gasteiger partial charge in [0.15, 0.2) is 0 Å². The molecule has 0 spiro atoms. The lowest BCUT2D eigenvalue weighted by molar-refractivity contribution is 0.0874. The van der Waals surface area contributed by atoms with Gasteiger partial charge in [-0.15, -0.1) is 0 Å². The van der Waals surface area contributed by atoms with E-state index in [1.807, 2.05) is 16.8 Å². The maximum atomic E-state index is 13.5. The van der Waals surface area contributed by atoms with Crippen molar-refractivity contribution >= 4 is 0 Å². The Morgan fingerprint density at radius 1 is 1.10 bits per heavy atom. The zero-order valence-electron chi connectivity index (χ0n) is 17.1. The minimum atomic E-state index is -0.230. The van der Waals surface area contributed by atoms with Gasteiger partial charge in [-0.05, 0) is 68.6 Å². The summed E-state index contributed by atoms with van der Waals surface area (Å²) in [6.07, 6.45) is 4.52. The summed E-state index contributed by atoms with van der Waals surface area (Å²) in [5, 5.41) is 4.87. The molecule has 152 valence electrons. The first-order chi connectivity index (χ1) is 14.1. The van der Waals surface area contributed by atoms with Crippen LogP contribution in [-0.4, -0.2) is 41.5 Å². The third-order valence-electron chi connectivity index (χ3n) is 5.61. The molecular weight excluding hydrogens is 365 g/mol. The van der Waals surface area contributed by atoms with Crippen LogP contribution < -0.4 is 0 Å². The Balaban J connectivity index is 1.65. The lowest BCUT2D eigenvalue weighted by Gasteiger charge is -2.32. The SMILES string of the molecule is COCC1CCCN(Cc2cn(-c3ccc(C)cc3)nc2-c2ccc(F)cc2)C1. The zero-order chi connectivity index (χ0) is 20.2. The smallest absolute Gasteiger partial charge is 0.123 e. The molecule has 2 aromatic carbocycles. The van der Waals surface area contributed by atoms with Crippen LogP contribution in [0.2, 0.25) is 0 Å². The van der Waals surface area contributed by atoms with E-state index in [2.05, 4.69) is 42.3 Å². The Morgan fingerprint density at radius 3 is 2.59 bits per heavy atom. The van der Waals surface area contributed by atoms with Crippen LogP contribution >= 0.6 is 0 Å². The molecule has 1 atom stereocenters. The van der Waals surface area contributed by atoms with Crippen LogP contribution in [0, 0.1) is 18.7 Å². The highest BCUT2D eigenvalue weighted by Crippen LogP contribution is 2.27. The summed E-state index contributed by atoms with van der Waals surface area (Å²) in [6.45, 7) is 5.84. The molecule has 5 heteroatoms. The second kappa shape index (κ2) is 8.89. The van der Waals surface area contributed by atoms with Crippen molar-refractivity contribution in [2.75, 3.05) is 26.8 Å². The summed E-state index contributed by atoms with van der Waals surface area (Å²) < 4.78 is 20.8. The fraction of sp³-hybridized carbons (Fsp3) is 0.375. The number of hydrogen-bond acceptors (Lipinski definition) is 3. The molecule has 0 radical (unpaired) electrons. The number of likely N-dealkylation sites (tertiary alicyclic amines) is 1. The first-order valence-corrected chi connectivity index (χ1v) is 10.2. The van der Waals surface area contributed by atoms with Gasteiger partial charge in [-0.2, -0.15) is 5.10 Å². The highest BCUT2D eigenvalue weighted by atomic mass is 19.1. The molecule has 0 amide bonds. The van der Waals surface area contributed by atoms with Gasteiger partial charge in [-0.1, -0.05) is 17.7 Å². The van der Waals surface area contributed by atoms with E-state index >= 15 is 0 Å². The minimum Gasteiger partial charge on any atom is -0.384 e. The van der Waals surface area contributed by atoms with E-state index in [9.17, 15) is 4.39 Å². The molecule has 3 aromatic rings. The maximum absolute atomic E-state index is 13.5. The standard InChI is InChI=1S/C24H28FN3O/c1-18-5-11-23(12-6-18)28-16-21(15-27-13-3-4-19(14-27)17-29-2)24(26-28)20-7-9-22(25)10-8-20/h5-12,16,19H,3-4,13-15,17H2,1-2H3. The minimum absolute atomic E-state index is 0.230. The summed E-state index contributed by atoms with van der Waals surface area (Å²) in [7, 11) is 1.77. The predicted octanol–water partition coefficient (Wildman–Crippen LogP) is 4.85. The van der Waals surface area contributed by atoms with Gasteiger partial charge in [-0.3, -0.25) is 4.90 Å². The van der Waals surface area contributed by atoms with Crippen LogP contribution in [0.5, 0.6) is 0 Å². The molecule has 1 aromatic heterocycles. The van der Waals surface area contributed by atoms with E-state index in [4.69, 9.17) is 9.84 Å². The number of hydrogen-bond donors (Lipinski definition) is 0. The number of methoxy groups -OCH3 is 1. The molecule has 0 saturated carbocycles. The molecule has 4 nitrogen and oxygen atoms in total. The Labute approximate surface area is 171 Å². The summed E-state index contributed by atoms with van der Waals surface area (Å²) >= 11 is 0. The quantitative estimate of drug-likeness (QED) is 0.600. The third kappa shape index (κ3) is 4.74. The van der Waals surface area contributed by atoms with Crippen LogP contribution in [0.15, 0.2) is 54.7 Å². The lowest BCUT2D eigenvalue weighted by atomic mass is 9.98. The largest absolute Gasteiger partial charge is 0.384 e. The van der Waals surface area contributed by atoms with Gasteiger partial charge < -0.3 is 4.74 Å². The molecule has 0 bridgehead atoms. The van der Waals surface area contributed by atoms with E-state index in [1.54, 1.807) is 7.11 Å². The molecule has 0 N–H and O–H groups in total. The van der Waals surface area contributed by atoms with Gasteiger partial charge in [0.2, 0.25) is 0 Å². The van der Waals surface area contributed by atoms with Crippen molar-refractivity contribution in [1.29, 1.82) is 0 Å². The highest BCUT2D eigenvalue weighted by molar-refractivity contribution is 5.63. The fourth-order valence-electron chi connectivity index (χ4n) is 4.11. The number of aryl methyl sites for hydroxylation is 1. The van der Waals surface area contributed by atoms with Gasteiger partial charge >= 0.3 is 0 Å². The summed E-state index contributed by atoms with van der Waals surface area (Å²) in [5.74, 6) is 0.349. The number of ether oxygens (including phenoxy) is 1. The molecule has 4 rings (SSSR count). The first-order valence-electron chi connectivity index (χ1n) is 10.2. The molecule has 1 aliphatic rings. The monoisotopic (exact) mass is 393 g/mol. The molecule has 29 heavy (non-hydrogen) atoms. The van der Waals surface area contributed by atoms with Crippen molar-refractivity contribution in [1.82, 2.24) is 14.7 Å². The second-order valence-corrected chi connectivity index (χ2v) is 7.99.